The number of carbonyl (C=O) groups is 2. The summed E-state index contributed by atoms with van der Waals surface area (Å²) in [6.07, 6.45) is 4.39. The lowest BCUT2D eigenvalue weighted by molar-refractivity contribution is -0.135. The number of nitrogens with one attached hydrogen (secondary N) is 1. The molecular weight excluding hydrogens is 242 g/mol. The zero-order valence-electron chi connectivity index (χ0n) is 11.6. The molecule has 5 nitrogen and oxygen atoms in total. The van der Waals surface area contributed by atoms with Gasteiger partial charge in [-0.3, -0.25) is 14.5 Å². The van der Waals surface area contributed by atoms with Crippen molar-refractivity contribution in [1.29, 1.82) is 0 Å². The zero-order chi connectivity index (χ0) is 13.4. The lowest BCUT2D eigenvalue weighted by Gasteiger charge is -2.37. The van der Waals surface area contributed by atoms with Gasteiger partial charge in [-0.1, -0.05) is 0 Å². The van der Waals surface area contributed by atoms with Crippen molar-refractivity contribution in [3.05, 3.63) is 0 Å². The number of rotatable bonds is 4. The van der Waals surface area contributed by atoms with Crippen molar-refractivity contribution >= 4 is 11.8 Å². The molecule has 1 aliphatic heterocycles. The molecule has 2 amide bonds. The Labute approximate surface area is 114 Å². The largest absolute Gasteiger partial charge is 0.352 e. The minimum atomic E-state index is -0.0706. The van der Waals surface area contributed by atoms with Crippen molar-refractivity contribution in [2.45, 2.75) is 44.7 Å². The fourth-order valence-corrected chi connectivity index (χ4v) is 2.63. The molecule has 0 spiro atoms. The van der Waals surface area contributed by atoms with Crippen LogP contribution < -0.4 is 5.32 Å². The van der Waals surface area contributed by atoms with Crippen LogP contribution in [0.25, 0.3) is 0 Å². The number of hydrogen-bond donors (Lipinski definition) is 1. The summed E-state index contributed by atoms with van der Waals surface area (Å²) >= 11 is 0. The first-order valence-electron chi connectivity index (χ1n) is 7.48. The summed E-state index contributed by atoms with van der Waals surface area (Å²) in [4.78, 5) is 28.1. The second-order valence-electron chi connectivity index (χ2n) is 6.09. The van der Waals surface area contributed by atoms with Crippen LogP contribution in [0.3, 0.4) is 0 Å². The van der Waals surface area contributed by atoms with Crippen molar-refractivity contribution < 1.29 is 9.59 Å². The van der Waals surface area contributed by atoms with E-state index in [-0.39, 0.29) is 11.9 Å². The van der Waals surface area contributed by atoms with Crippen LogP contribution in [0.1, 0.15) is 32.6 Å². The van der Waals surface area contributed by atoms with E-state index in [1.807, 2.05) is 11.8 Å². The van der Waals surface area contributed by atoms with E-state index in [4.69, 9.17) is 0 Å². The van der Waals surface area contributed by atoms with Gasteiger partial charge in [0.2, 0.25) is 11.8 Å². The van der Waals surface area contributed by atoms with Gasteiger partial charge in [0.1, 0.15) is 0 Å². The molecule has 1 heterocycles. The Morgan fingerprint density at radius 1 is 1.05 bits per heavy atom. The van der Waals surface area contributed by atoms with Crippen LogP contribution in [-0.4, -0.2) is 59.9 Å². The molecule has 5 heteroatoms. The average molecular weight is 265 g/mol. The molecule has 3 fully saturated rings. The Hall–Kier alpha value is -1.10. The summed E-state index contributed by atoms with van der Waals surface area (Å²) in [7, 11) is 0. The molecule has 2 aliphatic carbocycles. The molecule has 3 rings (SSSR count). The Balaban J connectivity index is 1.45. The van der Waals surface area contributed by atoms with E-state index in [1.54, 1.807) is 0 Å². The first kappa shape index (κ1) is 12.9. The SMILES string of the molecule is CC(C(=O)NC1CC1)N1CCN(C(=O)C2CC2)CC1. The van der Waals surface area contributed by atoms with E-state index in [0.717, 1.165) is 51.9 Å². The van der Waals surface area contributed by atoms with Crippen LogP contribution in [0, 0.1) is 5.92 Å². The van der Waals surface area contributed by atoms with Crippen LogP contribution in [-0.2, 0) is 9.59 Å². The Morgan fingerprint density at radius 2 is 1.68 bits per heavy atom. The monoisotopic (exact) mass is 265 g/mol. The van der Waals surface area contributed by atoms with E-state index in [0.29, 0.717) is 17.9 Å². The predicted octanol–water partition coefficient (Wildman–Crippen LogP) is 0.208. The second-order valence-corrected chi connectivity index (χ2v) is 6.09. The number of amides is 2. The molecule has 1 atom stereocenters. The van der Waals surface area contributed by atoms with Crippen molar-refractivity contribution in [2.75, 3.05) is 26.2 Å². The molecule has 2 saturated carbocycles. The quantitative estimate of drug-likeness (QED) is 0.790. The van der Waals surface area contributed by atoms with Crippen LogP contribution in [0.5, 0.6) is 0 Å². The molecule has 3 aliphatic rings. The highest BCUT2D eigenvalue weighted by Gasteiger charge is 2.36. The Kier molecular flexibility index (Phi) is 3.48. The molecule has 106 valence electrons. The van der Waals surface area contributed by atoms with Crippen molar-refractivity contribution in [2.24, 2.45) is 5.92 Å². The summed E-state index contributed by atoms with van der Waals surface area (Å²) in [6, 6.07) is 0.353. The molecule has 0 radical (unpaired) electrons. The standard InChI is InChI=1S/C14H23N3O2/c1-10(13(18)15-12-4-5-12)16-6-8-17(9-7-16)14(19)11-2-3-11/h10-12H,2-9H2,1H3,(H,15,18). The highest BCUT2D eigenvalue weighted by Crippen LogP contribution is 2.31. The average Bonchev–Trinajstić information content (AvgIpc) is 3.29. The number of hydrogen-bond acceptors (Lipinski definition) is 3. The maximum Gasteiger partial charge on any atom is 0.237 e. The van der Waals surface area contributed by atoms with Gasteiger partial charge >= 0.3 is 0 Å². The van der Waals surface area contributed by atoms with Crippen molar-refractivity contribution in [1.82, 2.24) is 15.1 Å². The number of nitrogens with zero attached hydrogens (tertiary/aromatic N) is 2. The third-order valence-electron chi connectivity index (χ3n) is 4.40. The van der Waals surface area contributed by atoms with Crippen LogP contribution in [0.4, 0.5) is 0 Å². The van der Waals surface area contributed by atoms with E-state index in [1.165, 1.54) is 0 Å². The predicted molar refractivity (Wildman–Crippen MR) is 71.5 cm³/mol. The first-order chi connectivity index (χ1) is 9.15. The maximum absolute atomic E-state index is 12.0. The van der Waals surface area contributed by atoms with Crippen molar-refractivity contribution in [3.63, 3.8) is 0 Å². The highest BCUT2D eigenvalue weighted by molar-refractivity contribution is 5.82. The molecule has 0 aromatic rings. The maximum atomic E-state index is 12.0. The van der Waals surface area contributed by atoms with Gasteiger partial charge < -0.3 is 10.2 Å². The first-order valence-corrected chi connectivity index (χ1v) is 7.48. The van der Waals surface area contributed by atoms with Gasteiger partial charge in [-0.15, -0.1) is 0 Å². The van der Waals surface area contributed by atoms with Crippen LogP contribution in [0.15, 0.2) is 0 Å². The third-order valence-corrected chi connectivity index (χ3v) is 4.40. The zero-order valence-corrected chi connectivity index (χ0v) is 11.6. The Morgan fingerprint density at radius 3 is 2.21 bits per heavy atom. The van der Waals surface area contributed by atoms with Gasteiger partial charge in [-0.05, 0) is 32.6 Å². The van der Waals surface area contributed by atoms with Gasteiger partial charge in [-0.25, -0.2) is 0 Å². The third kappa shape index (κ3) is 3.08. The fourth-order valence-electron chi connectivity index (χ4n) is 2.63. The molecule has 0 bridgehead atoms. The lowest BCUT2D eigenvalue weighted by Crippen LogP contribution is -2.55. The van der Waals surface area contributed by atoms with E-state index < -0.39 is 0 Å². The number of piperazine rings is 1. The molecule has 0 aromatic heterocycles. The molecule has 1 saturated heterocycles. The normalized spacial score (nSPS) is 26.1. The van der Waals surface area contributed by atoms with Gasteiger partial charge in [0.05, 0.1) is 6.04 Å². The van der Waals surface area contributed by atoms with Gasteiger partial charge in [-0.2, -0.15) is 0 Å². The van der Waals surface area contributed by atoms with Gasteiger partial charge in [0.25, 0.3) is 0 Å². The summed E-state index contributed by atoms with van der Waals surface area (Å²) in [5.41, 5.74) is 0. The van der Waals surface area contributed by atoms with Gasteiger partial charge in [0.15, 0.2) is 0 Å². The second kappa shape index (κ2) is 5.12. The highest BCUT2D eigenvalue weighted by atomic mass is 16.2. The molecule has 1 N–H and O–H groups in total. The smallest absolute Gasteiger partial charge is 0.237 e. The van der Waals surface area contributed by atoms with Crippen LogP contribution in [0.2, 0.25) is 0 Å². The number of carbonyl (C=O) groups excluding carboxylic acids is 2. The van der Waals surface area contributed by atoms with Gasteiger partial charge in [0, 0.05) is 38.1 Å². The topological polar surface area (TPSA) is 52.7 Å². The summed E-state index contributed by atoms with van der Waals surface area (Å²) in [5, 5.41) is 3.05. The molecular formula is C14H23N3O2. The lowest BCUT2D eigenvalue weighted by atomic mass is 10.2. The summed E-state index contributed by atoms with van der Waals surface area (Å²) < 4.78 is 0. The molecule has 0 aromatic carbocycles. The van der Waals surface area contributed by atoms with E-state index >= 15 is 0 Å². The molecule has 1 unspecified atom stereocenters. The minimum absolute atomic E-state index is 0.0706. The summed E-state index contributed by atoms with van der Waals surface area (Å²) in [5.74, 6) is 0.779. The fraction of sp³-hybridized carbons (Fsp3) is 0.857. The molecule has 19 heavy (non-hydrogen) atoms. The summed E-state index contributed by atoms with van der Waals surface area (Å²) in [6.45, 7) is 5.15. The van der Waals surface area contributed by atoms with Crippen LogP contribution >= 0.6 is 0 Å². The van der Waals surface area contributed by atoms with E-state index in [2.05, 4.69) is 10.2 Å². The van der Waals surface area contributed by atoms with Crippen molar-refractivity contribution in [3.8, 4) is 0 Å². The Bertz CT molecular complexity index is 369. The van der Waals surface area contributed by atoms with E-state index in [9.17, 15) is 9.59 Å². The minimum Gasteiger partial charge on any atom is -0.352 e.